The van der Waals surface area contributed by atoms with Crippen LogP contribution in [0.4, 0.5) is 9.18 Å². The van der Waals surface area contributed by atoms with E-state index in [0.29, 0.717) is 13.0 Å². The predicted molar refractivity (Wildman–Crippen MR) is 132 cm³/mol. The van der Waals surface area contributed by atoms with Crippen molar-refractivity contribution in [1.29, 1.82) is 0 Å². The molecule has 1 aliphatic carbocycles. The molecular formula is C27H39FN4O2. The summed E-state index contributed by atoms with van der Waals surface area (Å²) in [5, 5.41) is 3.14. The molecule has 0 unspecified atom stereocenters. The summed E-state index contributed by atoms with van der Waals surface area (Å²) in [5.74, 6) is 0.372. The third-order valence-corrected chi connectivity index (χ3v) is 7.76. The average molecular weight is 471 g/mol. The summed E-state index contributed by atoms with van der Waals surface area (Å²) in [6, 6.07) is 6.04. The van der Waals surface area contributed by atoms with E-state index >= 15 is 0 Å². The number of piperidine rings is 1. The lowest BCUT2D eigenvalue weighted by Gasteiger charge is -2.42. The second-order valence-corrected chi connectivity index (χ2v) is 10.5. The zero-order valence-corrected chi connectivity index (χ0v) is 20.6. The Kier molecular flexibility index (Phi) is 8.04. The average Bonchev–Trinajstić information content (AvgIpc) is 3.06. The van der Waals surface area contributed by atoms with Crippen molar-refractivity contribution < 1.29 is 14.0 Å². The number of nitrogens with one attached hydrogen (secondary N) is 1. The molecule has 0 saturated carbocycles. The van der Waals surface area contributed by atoms with E-state index in [1.165, 1.54) is 29.9 Å². The Labute approximate surface area is 203 Å². The lowest BCUT2D eigenvalue weighted by Crippen LogP contribution is -2.57. The van der Waals surface area contributed by atoms with Gasteiger partial charge in [-0.05, 0) is 102 Å². The molecule has 1 N–H and O–H groups in total. The van der Waals surface area contributed by atoms with E-state index in [0.717, 1.165) is 63.3 Å². The number of imide groups is 1. The molecule has 1 aromatic carbocycles. The van der Waals surface area contributed by atoms with Crippen molar-refractivity contribution in [2.24, 2.45) is 11.8 Å². The van der Waals surface area contributed by atoms with Gasteiger partial charge in [-0.25, -0.2) is 9.18 Å². The van der Waals surface area contributed by atoms with Crippen LogP contribution in [0.2, 0.25) is 0 Å². The highest BCUT2D eigenvalue weighted by atomic mass is 19.1. The molecule has 7 heteroatoms. The van der Waals surface area contributed by atoms with Crippen LogP contribution in [0.25, 0.3) is 0 Å². The number of rotatable bonds is 9. The van der Waals surface area contributed by atoms with Gasteiger partial charge in [-0.3, -0.25) is 9.69 Å². The molecule has 2 fully saturated rings. The first-order chi connectivity index (χ1) is 16.4. The molecule has 0 aromatic heterocycles. The van der Waals surface area contributed by atoms with Crippen LogP contribution in [0.15, 0.2) is 36.4 Å². The molecule has 0 spiro atoms. The highest BCUT2D eigenvalue weighted by molar-refractivity contribution is 6.07. The van der Waals surface area contributed by atoms with E-state index < -0.39 is 5.54 Å². The van der Waals surface area contributed by atoms with Crippen LogP contribution in [0.3, 0.4) is 0 Å². The number of likely N-dealkylation sites (tertiary alicyclic amines) is 1. The number of allylic oxidation sites excluding steroid dienone is 2. The van der Waals surface area contributed by atoms with Gasteiger partial charge in [0, 0.05) is 19.5 Å². The van der Waals surface area contributed by atoms with Crippen molar-refractivity contribution in [3.8, 4) is 0 Å². The highest BCUT2D eigenvalue weighted by Crippen LogP contribution is 2.37. The Morgan fingerprint density at radius 3 is 2.47 bits per heavy atom. The monoisotopic (exact) mass is 470 g/mol. The third kappa shape index (κ3) is 5.69. The normalized spacial score (nSPS) is 26.5. The van der Waals surface area contributed by atoms with Crippen molar-refractivity contribution >= 4 is 11.9 Å². The molecular weight excluding hydrogens is 431 g/mol. The molecule has 2 heterocycles. The van der Waals surface area contributed by atoms with Gasteiger partial charge in [0.1, 0.15) is 11.4 Å². The van der Waals surface area contributed by atoms with Gasteiger partial charge in [-0.1, -0.05) is 24.3 Å². The summed E-state index contributed by atoms with van der Waals surface area (Å²) >= 11 is 0. The topological polar surface area (TPSA) is 55.9 Å². The van der Waals surface area contributed by atoms with Crippen molar-refractivity contribution in [1.82, 2.24) is 20.0 Å². The Bertz CT molecular complexity index is 879. The summed E-state index contributed by atoms with van der Waals surface area (Å²) < 4.78 is 13.5. The Balaban J connectivity index is 1.48. The molecule has 1 aromatic rings. The summed E-state index contributed by atoms with van der Waals surface area (Å²) in [7, 11) is 3.98. The van der Waals surface area contributed by atoms with Crippen molar-refractivity contribution in [3.05, 3.63) is 47.8 Å². The van der Waals surface area contributed by atoms with Gasteiger partial charge >= 0.3 is 6.03 Å². The molecule has 0 bridgehead atoms. The molecule has 0 radical (unpaired) electrons. The Morgan fingerprint density at radius 1 is 1.09 bits per heavy atom. The van der Waals surface area contributed by atoms with Gasteiger partial charge in [0.25, 0.3) is 5.91 Å². The molecule has 3 aliphatic rings. The van der Waals surface area contributed by atoms with Crippen molar-refractivity contribution in [2.75, 3.05) is 46.8 Å². The highest BCUT2D eigenvalue weighted by Gasteiger charge is 2.55. The Morgan fingerprint density at radius 2 is 1.82 bits per heavy atom. The maximum absolute atomic E-state index is 13.8. The SMILES string of the molecule is CN(C)CCCN1C(=O)N[C@](Cc2ccc(F)cc2)(C2CCN(C[C@H]3CC=CCC3)CC2)C1=O. The van der Waals surface area contributed by atoms with Crippen LogP contribution in [0.5, 0.6) is 0 Å². The summed E-state index contributed by atoms with van der Waals surface area (Å²) in [6.45, 7) is 4.23. The first-order valence-corrected chi connectivity index (χ1v) is 12.8. The molecule has 4 rings (SSSR count). The second-order valence-electron chi connectivity index (χ2n) is 10.5. The summed E-state index contributed by atoms with van der Waals surface area (Å²) in [6.07, 6.45) is 11.1. The minimum absolute atomic E-state index is 0.0651. The van der Waals surface area contributed by atoms with Gasteiger partial charge < -0.3 is 15.1 Å². The zero-order valence-electron chi connectivity index (χ0n) is 20.6. The maximum atomic E-state index is 13.8. The number of carbonyl (C=O) groups is 2. The van der Waals surface area contributed by atoms with E-state index in [1.54, 1.807) is 12.1 Å². The van der Waals surface area contributed by atoms with E-state index in [1.807, 2.05) is 14.1 Å². The van der Waals surface area contributed by atoms with Gasteiger partial charge in [-0.2, -0.15) is 0 Å². The lowest BCUT2D eigenvalue weighted by atomic mass is 9.73. The molecule has 2 aliphatic heterocycles. The third-order valence-electron chi connectivity index (χ3n) is 7.76. The van der Waals surface area contributed by atoms with Crippen molar-refractivity contribution in [2.45, 2.75) is 50.5 Å². The minimum atomic E-state index is -0.952. The van der Waals surface area contributed by atoms with Crippen LogP contribution < -0.4 is 5.32 Å². The maximum Gasteiger partial charge on any atom is 0.325 e. The largest absolute Gasteiger partial charge is 0.325 e. The summed E-state index contributed by atoms with van der Waals surface area (Å²) in [5.41, 5.74) is -0.0752. The number of nitrogens with zero attached hydrogens (tertiary/aromatic N) is 3. The van der Waals surface area contributed by atoms with E-state index in [2.05, 4.69) is 27.3 Å². The van der Waals surface area contributed by atoms with Gasteiger partial charge in [0.15, 0.2) is 0 Å². The number of carbonyl (C=O) groups excluding carboxylic acids is 2. The zero-order chi connectivity index (χ0) is 24.1. The van der Waals surface area contributed by atoms with E-state index in [4.69, 9.17) is 0 Å². The number of amides is 3. The molecule has 6 nitrogen and oxygen atoms in total. The van der Waals surface area contributed by atoms with Crippen LogP contribution >= 0.6 is 0 Å². The van der Waals surface area contributed by atoms with Crippen LogP contribution in [-0.2, 0) is 11.2 Å². The quantitative estimate of drug-likeness (QED) is 0.442. The van der Waals surface area contributed by atoms with Crippen molar-refractivity contribution in [3.63, 3.8) is 0 Å². The van der Waals surface area contributed by atoms with Crippen LogP contribution in [0, 0.1) is 17.7 Å². The molecule has 3 amide bonds. The smallest absolute Gasteiger partial charge is 0.322 e. The number of benzene rings is 1. The second kappa shape index (κ2) is 11.0. The standard InChI is InChI=1S/C27H39FN4O2/c1-30(2)15-6-16-32-25(33)27(29-26(32)34,19-21-9-11-24(28)12-10-21)23-13-17-31(18-14-23)20-22-7-4-3-5-8-22/h3-4,9-12,22-23H,5-8,13-20H2,1-2H3,(H,29,34)/t22-,27+/m0/s1. The summed E-state index contributed by atoms with van der Waals surface area (Å²) in [4.78, 5) is 32.8. The number of hydrogen-bond acceptors (Lipinski definition) is 4. The number of hydrogen-bond donors (Lipinski definition) is 1. The predicted octanol–water partition coefficient (Wildman–Crippen LogP) is 3.68. The van der Waals surface area contributed by atoms with E-state index in [9.17, 15) is 14.0 Å². The fourth-order valence-electron chi connectivity index (χ4n) is 5.85. The fraction of sp³-hybridized carbons (Fsp3) is 0.630. The Hall–Kier alpha value is -2.25. The van der Waals surface area contributed by atoms with Gasteiger partial charge in [0.2, 0.25) is 0 Å². The number of halogens is 1. The fourth-order valence-corrected chi connectivity index (χ4v) is 5.85. The van der Waals surface area contributed by atoms with Crippen LogP contribution in [0.1, 0.15) is 44.1 Å². The van der Waals surface area contributed by atoms with Gasteiger partial charge in [0.05, 0.1) is 0 Å². The first-order valence-electron chi connectivity index (χ1n) is 12.8. The molecule has 34 heavy (non-hydrogen) atoms. The minimum Gasteiger partial charge on any atom is -0.322 e. The van der Waals surface area contributed by atoms with Gasteiger partial charge in [-0.15, -0.1) is 0 Å². The molecule has 2 saturated heterocycles. The lowest BCUT2D eigenvalue weighted by molar-refractivity contribution is -0.134. The first kappa shape index (κ1) is 24.9. The van der Waals surface area contributed by atoms with E-state index in [-0.39, 0.29) is 23.7 Å². The molecule has 2 atom stereocenters. The van der Waals surface area contributed by atoms with Crippen LogP contribution in [-0.4, -0.2) is 79.0 Å². The molecule has 186 valence electrons. The number of urea groups is 1.